The number of halogens is 4. The third-order valence-electron chi connectivity index (χ3n) is 5.01. The Labute approximate surface area is 174 Å². The molecular formula is C20H21BrF3N3O2. The lowest BCUT2D eigenvalue weighted by molar-refractivity contribution is -0.260. The Morgan fingerprint density at radius 3 is 2.55 bits per heavy atom. The fraction of sp³-hybridized carbons (Fsp3) is 0.350. The van der Waals surface area contributed by atoms with Crippen molar-refractivity contribution in [3.05, 3.63) is 52.6 Å². The van der Waals surface area contributed by atoms with Crippen molar-refractivity contribution in [2.45, 2.75) is 37.5 Å². The number of H-pyrrole nitrogens is 1. The summed E-state index contributed by atoms with van der Waals surface area (Å²) in [7, 11) is 0. The highest BCUT2D eigenvalue weighted by atomic mass is 79.9. The summed E-state index contributed by atoms with van der Waals surface area (Å²) in [5.41, 5.74) is -2.76. The predicted octanol–water partition coefficient (Wildman–Crippen LogP) is 5.10. The van der Waals surface area contributed by atoms with Gasteiger partial charge in [-0.2, -0.15) is 18.3 Å². The maximum Gasteiger partial charge on any atom is 0.418 e. The molecule has 2 aromatic carbocycles. The molecule has 0 bridgehead atoms. The molecule has 1 aromatic heterocycles. The van der Waals surface area contributed by atoms with Crippen molar-refractivity contribution in [1.29, 1.82) is 0 Å². The van der Waals surface area contributed by atoms with Gasteiger partial charge in [-0.3, -0.25) is 5.10 Å². The van der Waals surface area contributed by atoms with E-state index in [4.69, 9.17) is 0 Å². The molecule has 0 aliphatic carbocycles. The van der Waals surface area contributed by atoms with Crippen molar-refractivity contribution in [3.63, 3.8) is 0 Å². The van der Waals surface area contributed by atoms with E-state index in [0.29, 0.717) is 26.6 Å². The first-order valence-corrected chi connectivity index (χ1v) is 9.66. The number of aliphatic hydroxyl groups is 1. The zero-order chi connectivity index (χ0) is 21.4. The highest BCUT2D eigenvalue weighted by Crippen LogP contribution is 2.44. The predicted molar refractivity (Wildman–Crippen MR) is 109 cm³/mol. The van der Waals surface area contributed by atoms with Crippen molar-refractivity contribution in [3.8, 4) is 5.75 Å². The minimum atomic E-state index is -4.88. The molecule has 156 valence electrons. The van der Waals surface area contributed by atoms with Gasteiger partial charge in [-0.05, 0) is 41.7 Å². The molecule has 29 heavy (non-hydrogen) atoms. The number of anilines is 1. The zero-order valence-corrected chi connectivity index (χ0v) is 17.4. The van der Waals surface area contributed by atoms with E-state index in [2.05, 4.69) is 31.4 Å². The van der Waals surface area contributed by atoms with Crippen LogP contribution in [0.2, 0.25) is 0 Å². The van der Waals surface area contributed by atoms with Crippen molar-refractivity contribution in [2.24, 2.45) is 0 Å². The Kier molecular flexibility index (Phi) is 5.57. The third kappa shape index (κ3) is 4.35. The third-order valence-corrected chi connectivity index (χ3v) is 5.50. The van der Waals surface area contributed by atoms with E-state index in [1.807, 2.05) is 0 Å². The maximum absolute atomic E-state index is 13.9. The van der Waals surface area contributed by atoms with Gasteiger partial charge in [0.05, 0.1) is 18.3 Å². The van der Waals surface area contributed by atoms with Crippen molar-refractivity contribution in [2.75, 3.05) is 11.9 Å². The van der Waals surface area contributed by atoms with Crippen LogP contribution >= 0.6 is 15.9 Å². The molecule has 0 amide bonds. The molecule has 5 nitrogen and oxygen atoms in total. The lowest BCUT2D eigenvalue weighted by atomic mass is 9.74. The smallest absolute Gasteiger partial charge is 0.418 e. The van der Waals surface area contributed by atoms with Crippen molar-refractivity contribution < 1.29 is 23.4 Å². The molecule has 0 spiro atoms. The Balaban J connectivity index is 1.89. The summed E-state index contributed by atoms with van der Waals surface area (Å²) in [4.78, 5) is 0. The monoisotopic (exact) mass is 471 g/mol. The van der Waals surface area contributed by atoms with E-state index in [0.717, 1.165) is 0 Å². The summed E-state index contributed by atoms with van der Waals surface area (Å²) in [5.74, 6) is -0.134. The van der Waals surface area contributed by atoms with Crippen LogP contribution in [-0.4, -0.2) is 38.7 Å². The minimum Gasteiger partial charge on any atom is -0.508 e. The normalized spacial score (nSPS) is 14.7. The van der Waals surface area contributed by atoms with E-state index in [1.165, 1.54) is 12.3 Å². The zero-order valence-electron chi connectivity index (χ0n) is 15.8. The highest BCUT2D eigenvalue weighted by Gasteiger charge is 2.56. The van der Waals surface area contributed by atoms with E-state index < -0.39 is 30.2 Å². The topological polar surface area (TPSA) is 81.2 Å². The van der Waals surface area contributed by atoms with Crippen molar-refractivity contribution >= 4 is 32.5 Å². The number of phenolic OH excluding ortho intramolecular Hbond substituents is 1. The Hall–Kier alpha value is -2.26. The summed E-state index contributed by atoms with van der Waals surface area (Å²) in [6.07, 6.45) is -4.02. The molecule has 3 aromatic rings. The quantitative estimate of drug-likeness (QED) is 0.402. The van der Waals surface area contributed by atoms with Crippen LogP contribution in [0.1, 0.15) is 25.8 Å². The van der Waals surface area contributed by atoms with Crippen LogP contribution < -0.4 is 5.32 Å². The standard InChI is InChI=1S/C20H21BrF3N3O2/c1-18(2,14-7-6-12(21)8-17(14)28)10-19(29,20(22,23)24)11-25-15-4-3-5-16-13(15)9-26-27-16/h3-9,25,28-29H,10-11H2,1-2H3,(H,26,27). The van der Waals surface area contributed by atoms with Gasteiger partial charge in [0.2, 0.25) is 0 Å². The number of hydrogen-bond acceptors (Lipinski definition) is 4. The molecule has 1 unspecified atom stereocenters. The van der Waals surface area contributed by atoms with Gasteiger partial charge in [-0.1, -0.05) is 41.9 Å². The van der Waals surface area contributed by atoms with Gasteiger partial charge < -0.3 is 15.5 Å². The van der Waals surface area contributed by atoms with E-state index >= 15 is 0 Å². The first kappa shape index (κ1) is 21.4. The SMILES string of the molecule is CC(C)(CC(O)(CNc1cccc2[nH]ncc12)C(F)(F)F)c1ccc(Br)cc1O. The van der Waals surface area contributed by atoms with Crippen LogP contribution in [0, 0.1) is 0 Å². The van der Waals surface area contributed by atoms with E-state index in [-0.39, 0.29) is 5.75 Å². The number of nitrogens with zero attached hydrogens (tertiary/aromatic N) is 1. The van der Waals surface area contributed by atoms with Gasteiger partial charge in [0, 0.05) is 15.5 Å². The molecule has 1 atom stereocenters. The molecule has 0 aliphatic heterocycles. The van der Waals surface area contributed by atoms with Gasteiger partial charge in [-0.25, -0.2) is 0 Å². The molecule has 0 aliphatic rings. The first-order valence-electron chi connectivity index (χ1n) is 8.87. The summed E-state index contributed by atoms with van der Waals surface area (Å²) in [5, 5.41) is 30.9. The second-order valence-corrected chi connectivity index (χ2v) is 8.66. The molecule has 0 radical (unpaired) electrons. The number of alkyl halides is 3. The van der Waals surface area contributed by atoms with Crippen LogP contribution in [-0.2, 0) is 5.41 Å². The van der Waals surface area contributed by atoms with Crippen LogP contribution in [0.4, 0.5) is 18.9 Å². The number of aromatic amines is 1. The molecule has 3 rings (SSSR count). The second kappa shape index (κ2) is 7.53. The number of fused-ring (bicyclic) bond motifs is 1. The fourth-order valence-corrected chi connectivity index (χ4v) is 3.88. The number of benzene rings is 2. The lowest BCUT2D eigenvalue weighted by Crippen LogP contribution is -2.53. The average molecular weight is 472 g/mol. The summed E-state index contributed by atoms with van der Waals surface area (Å²) in [6, 6.07) is 9.67. The largest absolute Gasteiger partial charge is 0.508 e. The molecule has 0 saturated heterocycles. The summed E-state index contributed by atoms with van der Waals surface area (Å²) < 4.78 is 42.3. The van der Waals surface area contributed by atoms with E-state index in [1.54, 1.807) is 44.2 Å². The van der Waals surface area contributed by atoms with E-state index in [9.17, 15) is 23.4 Å². The molecule has 4 N–H and O–H groups in total. The molecule has 1 heterocycles. The van der Waals surface area contributed by atoms with Crippen LogP contribution in [0.15, 0.2) is 47.1 Å². The number of rotatable bonds is 6. The number of nitrogens with one attached hydrogen (secondary N) is 2. The van der Waals surface area contributed by atoms with Crippen LogP contribution in [0.3, 0.4) is 0 Å². The molecular weight excluding hydrogens is 451 g/mol. The highest BCUT2D eigenvalue weighted by molar-refractivity contribution is 9.10. The Morgan fingerprint density at radius 2 is 1.90 bits per heavy atom. The van der Waals surface area contributed by atoms with Gasteiger partial charge in [-0.15, -0.1) is 0 Å². The number of aromatic nitrogens is 2. The Morgan fingerprint density at radius 1 is 1.17 bits per heavy atom. The number of hydrogen-bond donors (Lipinski definition) is 4. The van der Waals surface area contributed by atoms with Gasteiger partial charge in [0.15, 0.2) is 5.60 Å². The molecule has 0 saturated carbocycles. The number of aromatic hydroxyl groups is 1. The number of phenols is 1. The van der Waals surface area contributed by atoms with Crippen LogP contribution in [0.5, 0.6) is 5.75 Å². The minimum absolute atomic E-state index is 0.134. The summed E-state index contributed by atoms with van der Waals surface area (Å²) in [6.45, 7) is 2.37. The lowest BCUT2D eigenvalue weighted by Gasteiger charge is -2.38. The van der Waals surface area contributed by atoms with Crippen molar-refractivity contribution in [1.82, 2.24) is 10.2 Å². The average Bonchev–Trinajstić information content (AvgIpc) is 3.07. The fourth-order valence-electron chi connectivity index (χ4n) is 3.53. The van der Waals surface area contributed by atoms with Gasteiger partial charge in [0.1, 0.15) is 5.75 Å². The van der Waals surface area contributed by atoms with Gasteiger partial charge in [0.25, 0.3) is 0 Å². The first-order chi connectivity index (χ1) is 13.4. The molecule has 9 heteroatoms. The molecule has 0 fully saturated rings. The van der Waals surface area contributed by atoms with Crippen LogP contribution in [0.25, 0.3) is 10.9 Å². The second-order valence-electron chi connectivity index (χ2n) is 7.74. The summed E-state index contributed by atoms with van der Waals surface area (Å²) >= 11 is 3.22. The maximum atomic E-state index is 13.9. The van der Waals surface area contributed by atoms with Gasteiger partial charge >= 0.3 is 6.18 Å². The Bertz CT molecular complexity index is 1020.